The maximum Gasteiger partial charge on any atom is 0 e. The van der Waals surface area contributed by atoms with E-state index in [4.69, 9.17) is 76.2 Å². The molecular formula is C9Cl4CrF3NO5. The van der Waals surface area contributed by atoms with Crippen LogP contribution in [0.4, 0.5) is 13.2 Å². The molecule has 0 aliphatic rings. The molecule has 0 atom stereocenters. The first-order valence-corrected chi connectivity index (χ1v) is 4.80. The number of hydrogen-bond acceptors (Lipinski definition) is 0. The monoisotopic (exact) mass is 451 g/mol. The van der Waals surface area contributed by atoms with Gasteiger partial charge in [-0.3, -0.25) is 4.85 Å². The summed E-state index contributed by atoms with van der Waals surface area (Å²) in [6.45, 7) is 28.7. The topological polar surface area (TPSA) is 104 Å². The van der Waals surface area contributed by atoms with Crippen LogP contribution in [-0.2, 0) is 40.6 Å². The molecule has 6 nitrogen and oxygen atoms in total. The van der Waals surface area contributed by atoms with E-state index in [-0.39, 0.29) is 17.4 Å². The summed E-state index contributed by atoms with van der Waals surface area (Å²) in [6.07, 6.45) is -5.07. The Morgan fingerprint density at radius 1 is 0.652 bits per heavy atom. The number of halogens is 7. The van der Waals surface area contributed by atoms with Crippen molar-refractivity contribution in [2.75, 3.05) is 0 Å². The summed E-state index contributed by atoms with van der Waals surface area (Å²) >= 11 is 19.4. The predicted molar refractivity (Wildman–Crippen MR) is 61.2 cm³/mol. The molecule has 0 saturated carbocycles. The first kappa shape index (κ1) is 43.4. The maximum atomic E-state index is 11.9. The van der Waals surface area contributed by atoms with Gasteiger partial charge in [0.25, 0.3) is 0 Å². The fourth-order valence-corrected chi connectivity index (χ4v) is 0.540. The fourth-order valence-electron chi connectivity index (χ4n) is 0.241. The summed E-state index contributed by atoms with van der Waals surface area (Å²) in [5.74, 6) is 0. The molecule has 0 spiro atoms. The minimum Gasteiger partial charge on any atom is 0 e. The van der Waals surface area contributed by atoms with Crippen LogP contribution >= 0.6 is 46.4 Å². The van der Waals surface area contributed by atoms with Crippen LogP contribution in [0.5, 0.6) is 0 Å². The Morgan fingerprint density at radius 3 is 0.870 bits per heavy atom. The zero-order chi connectivity index (χ0) is 20.2. The summed E-state index contributed by atoms with van der Waals surface area (Å²) in [5.41, 5.74) is 0. The van der Waals surface area contributed by atoms with Gasteiger partial charge in [-0.05, 0) is 23.2 Å². The summed E-state index contributed by atoms with van der Waals surface area (Å²) < 4.78 is 66.9. The Labute approximate surface area is 159 Å². The molecule has 0 N–H and O–H groups in total. The van der Waals surface area contributed by atoms with E-state index < -0.39 is 15.0 Å². The molecule has 0 amide bonds. The molecule has 0 saturated heterocycles. The standard InChI is InChI=1S/C4Cl4F3N.5CO.Cr/c1-12-3(7,8)2(5,6)4(9,10)11;5*1-2;. The van der Waals surface area contributed by atoms with Gasteiger partial charge in [0.05, 0.1) is 0 Å². The normalized spacial score (nSPS) is 7.83. The molecule has 0 aromatic heterocycles. The molecule has 23 heavy (non-hydrogen) atoms. The van der Waals surface area contributed by atoms with E-state index in [2.05, 4.69) is 38.1 Å². The third-order valence-electron chi connectivity index (χ3n) is 0.874. The average Bonchev–Trinajstić information content (AvgIpc) is 2.55. The maximum absolute atomic E-state index is 11.9. The van der Waals surface area contributed by atoms with E-state index in [1.165, 1.54) is 0 Å². The summed E-state index contributed by atoms with van der Waals surface area (Å²) in [5, 5.41) is 0. The second kappa shape index (κ2) is 26.6. The number of nitrogens with zero attached hydrogens (tertiary/aromatic N) is 1. The van der Waals surface area contributed by atoms with Crippen molar-refractivity contribution in [2.24, 2.45) is 0 Å². The van der Waals surface area contributed by atoms with Crippen LogP contribution in [0.1, 0.15) is 0 Å². The minimum atomic E-state index is -5.07. The van der Waals surface area contributed by atoms with Crippen LogP contribution < -0.4 is 0 Å². The van der Waals surface area contributed by atoms with Gasteiger partial charge in [-0.1, -0.05) is 23.2 Å². The molecule has 0 bridgehead atoms. The molecule has 0 unspecified atom stereocenters. The molecule has 0 rings (SSSR count). The van der Waals surface area contributed by atoms with Gasteiger partial charge in [0.15, 0.2) is 0 Å². The Hall–Kier alpha value is -0.328. The summed E-state index contributed by atoms with van der Waals surface area (Å²) in [4.78, 5) is 2.26. The van der Waals surface area contributed by atoms with Gasteiger partial charge >= 0.3 is 71.5 Å². The Balaban J connectivity index is -0.0000000396. The molecule has 0 aliphatic carbocycles. The molecule has 0 aromatic carbocycles. The molecule has 0 radical (unpaired) electrons. The van der Waals surface area contributed by atoms with Crippen molar-refractivity contribution in [3.05, 3.63) is 44.7 Å². The van der Waals surface area contributed by atoms with Crippen LogP contribution in [0.3, 0.4) is 0 Å². The second-order valence-corrected chi connectivity index (χ2v) is 4.34. The van der Waals surface area contributed by atoms with Crippen LogP contribution in [0.2, 0.25) is 0 Å². The van der Waals surface area contributed by atoms with E-state index in [1.807, 2.05) is 0 Å². The van der Waals surface area contributed by atoms with Gasteiger partial charge in [-0.15, -0.1) is 0 Å². The SMILES string of the molecule is [C-]#[N+]C(Cl)(Cl)C(Cl)(Cl)C(F)(F)F.[C-]#[O+].[C-]#[O+].[C-]#[O+].[C-]#[O+].[C-]#[O+].[Cr]. The first-order valence-electron chi connectivity index (χ1n) is 3.29. The first-order chi connectivity index (χ1) is 10.1. The largest absolute Gasteiger partial charge is 0 e. The van der Waals surface area contributed by atoms with Crippen LogP contribution in [0.25, 0.3) is 4.85 Å². The van der Waals surface area contributed by atoms with Crippen molar-refractivity contribution in [2.45, 2.75) is 15.0 Å². The second-order valence-electron chi connectivity index (χ2n) is 1.73. The van der Waals surface area contributed by atoms with Gasteiger partial charge < -0.3 is 0 Å². The van der Waals surface area contributed by atoms with Gasteiger partial charge in [0, 0.05) is 17.4 Å². The molecule has 14 heteroatoms. The van der Waals surface area contributed by atoms with Crippen LogP contribution in [-0.4, -0.2) is 15.0 Å². The molecule has 0 heterocycles. The molecule has 0 aliphatic heterocycles. The van der Waals surface area contributed by atoms with E-state index in [0.717, 1.165) is 0 Å². The predicted octanol–water partition coefficient (Wildman–Crippen LogP) is 3.58. The van der Waals surface area contributed by atoms with Crippen molar-refractivity contribution in [1.29, 1.82) is 0 Å². The number of alkyl halides is 7. The minimum absolute atomic E-state index is 0. The molecule has 126 valence electrons. The Bertz CT molecular complexity index is 378. The fraction of sp³-hybridized carbons (Fsp3) is 0.333. The average molecular weight is 453 g/mol. The molecule has 0 fully saturated rings. The smallest absolute Gasteiger partial charge is 0 e. The van der Waals surface area contributed by atoms with Crippen molar-refractivity contribution < 1.29 is 53.8 Å². The van der Waals surface area contributed by atoms with E-state index in [1.54, 1.807) is 0 Å². The van der Waals surface area contributed by atoms with Crippen LogP contribution in [0, 0.1) is 39.8 Å². The Kier molecular flexibility index (Phi) is 50.1. The molecule has 0 aromatic rings. The number of hydrogen-bond donors (Lipinski definition) is 0. The van der Waals surface area contributed by atoms with E-state index in [0.29, 0.717) is 0 Å². The van der Waals surface area contributed by atoms with Gasteiger partial charge in [-0.25, -0.2) is 6.57 Å². The summed E-state index contributed by atoms with van der Waals surface area (Å²) in [7, 11) is 0. The van der Waals surface area contributed by atoms with Crippen molar-refractivity contribution >= 4 is 46.4 Å². The summed E-state index contributed by atoms with van der Waals surface area (Å²) in [6, 6.07) is 0. The number of rotatable bonds is 1. The third kappa shape index (κ3) is 19.6. The third-order valence-corrected chi connectivity index (χ3v) is 2.97. The van der Waals surface area contributed by atoms with E-state index in [9.17, 15) is 13.2 Å². The Morgan fingerprint density at radius 2 is 0.826 bits per heavy atom. The van der Waals surface area contributed by atoms with Gasteiger partial charge in [-0.2, -0.15) is 13.2 Å². The van der Waals surface area contributed by atoms with Gasteiger partial charge in [0.1, 0.15) is 0 Å². The van der Waals surface area contributed by atoms with E-state index >= 15 is 0 Å². The zero-order valence-corrected chi connectivity index (χ0v) is 14.3. The molecular weight excluding hydrogens is 453 g/mol. The van der Waals surface area contributed by atoms with Crippen molar-refractivity contribution in [1.82, 2.24) is 0 Å². The zero-order valence-electron chi connectivity index (χ0n) is 10.0. The van der Waals surface area contributed by atoms with Gasteiger partial charge in [0.2, 0.25) is 0 Å². The van der Waals surface area contributed by atoms with Crippen molar-refractivity contribution in [3.8, 4) is 0 Å². The van der Waals surface area contributed by atoms with Crippen LogP contribution in [0.15, 0.2) is 0 Å². The van der Waals surface area contributed by atoms with Crippen molar-refractivity contribution in [3.63, 3.8) is 0 Å². The quantitative estimate of drug-likeness (QED) is 0.251.